The van der Waals surface area contributed by atoms with E-state index in [1.807, 2.05) is 36.4 Å². The minimum atomic E-state index is -0.638. The van der Waals surface area contributed by atoms with Gasteiger partial charge in [0.15, 0.2) is 0 Å². The molecule has 1 amide bonds. The zero-order chi connectivity index (χ0) is 17.4. The van der Waals surface area contributed by atoms with E-state index in [0.717, 1.165) is 11.1 Å². The van der Waals surface area contributed by atoms with E-state index in [1.165, 1.54) is 6.20 Å². The molecule has 6 heteroatoms. The summed E-state index contributed by atoms with van der Waals surface area (Å²) in [5, 5.41) is 8.52. The lowest BCUT2D eigenvalue weighted by Crippen LogP contribution is -2.32. The number of hydrogen-bond acceptors (Lipinski definition) is 5. The van der Waals surface area contributed by atoms with Crippen LogP contribution in [-0.2, 0) is 16.0 Å². The van der Waals surface area contributed by atoms with Crippen LogP contribution in [0.25, 0.3) is 10.9 Å². The Labute approximate surface area is 143 Å². The van der Waals surface area contributed by atoms with Crippen molar-refractivity contribution in [2.45, 2.75) is 18.4 Å². The topological polar surface area (TPSA) is 95.2 Å². The highest BCUT2D eigenvalue weighted by Crippen LogP contribution is 2.35. The highest BCUT2D eigenvalue weighted by molar-refractivity contribution is 6.03. The molecule has 124 valence electrons. The Morgan fingerprint density at radius 1 is 1.08 bits per heavy atom. The molecule has 2 atom stereocenters. The van der Waals surface area contributed by atoms with Crippen LogP contribution >= 0.6 is 0 Å². The van der Waals surface area contributed by atoms with Gasteiger partial charge < -0.3 is 10.5 Å². The summed E-state index contributed by atoms with van der Waals surface area (Å²) in [6, 6.07) is 14.7. The van der Waals surface area contributed by atoms with Crippen molar-refractivity contribution in [1.82, 2.24) is 10.2 Å². The maximum atomic E-state index is 12.7. The first-order valence-corrected chi connectivity index (χ1v) is 7.93. The summed E-state index contributed by atoms with van der Waals surface area (Å²) in [7, 11) is 0. The molecule has 2 unspecified atom stereocenters. The van der Waals surface area contributed by atoms with Crippen LogP contribution in [0.2, 0.25) is 0 Å². The Morgan fingerprint density at radius 2 is 1.84 bits per heavy atom. The number of nitrogens with zero attached hydrogens (tertiary/aromatic N) is 2. The summed E-state index contributed by atoms with van der Waals surface area (Å²) in [5.41, 5.74) is 8.29. The smallest absolute Gasteiger partial charge is 0.340 e. The molecule has 0 aliphatic heterocycles. The van der Waals surface area contributed by atoms with E-state index in [9.17, 15) is 9.59 Å². The molecule has 0 radical (unpaired) electrons. The molecule has 1 heterocycles. The number of primary amides is 1. The third-order valence-corrected chi connectivity index (χ3v) is 4.51. The third kappa shape index (κ3) is 2.61. The average molecular weight is 333 g/mol. The van der Waals surface area contributed by atoms with E-state index in [1.54, 1.807) is 12.1 Å². The predicted octanol–water partition coefficient (Wildman–Crippen LogP) is 1.98. The van der Waals surface area contributed by atoms with Crippen molar-refractivity contribution in [3.05, 3.63) is 71.4 Å². The van der Waals surface area contributed by atoms with Gasteiger partial charge in [0.2, 0.25) is 5.91 Å². The molecule has 2 N–H and O–H groups in total. The summed E-state index contributed by atoms with van der Waals surface area (Å²) in [6.45, 7) is 0. The summed E-state index contributed by atoms with van der Waals surface area (Å²) >= 11 is 0. The van der Waals surface area contributed by atoms with Crippen molar-refractivity contribution in [1.29, 1.82) is 0 Å². The number of fused-ring (bicyclic) bond motifs is 2. The molecule has 1 aromatic heterocycles. The Kier molecular flexibility index (Phi) is 3.65. The van der Waals surface area contributed by atoms with E-state index in [0.29, 0.717) is 22.9 Å². The van der Waals surface area contributed by atoms with Gasteiger partial charge >= 0.3 is 5.97 Å². The summed E-state index contributed by atoms with van der Waals surface area (Å²) in [4.78, 5) is 24.6. The van der Waals surface area contributed by atoms with Crippen LogP contribution < -0.4 is 5.73 Å². The van der Waals surface area contributed by atoms with Crippen molar-refractivity contribution in [2.75, 3.05) is 0 Å². The van der Waals surface area contributed by atoms with Gasteiger partial charge in [-0.05, 0) is 17.2 Å². The van der Waals surface area contributed by atoms with E-state index in [4.69, 9.17) is 10.5 Å². The van der Waals surface area contributed by atoms with Gasteiger partial charge in [0, 0.05) is 11.8 Å². The van der Waals surface area contributed by atoms with E-state index >= 15 is 0 Å². The summed E-state index contributed by atoms with van der Waals surface area (Å²) in [6.07, 6.45) is 1.23. The second-order valence-corrected chi connectivity index (χ2v) is 6.00. The molecule has 0 saturated heterocycles. The van der Waals surface area contributed by atoms with Crippen molar-refractivity contribution in [2.24, 2.45) is 5.73 Å². The monoisotopic (exact) mass is 333 g/mol. The average Bonchev–Trinajstić information content (AvgIpc) is 2.99. The lowest BCUT2D eigenvalue weighted by Gasteiger charge is -2.18. The molecule has 4 rings (SSSR count). The Morgan fingerprint density at radius 3 is 2.68 bits per heavy atom. The highest BCUT2D eigenvalue weighted by atomic mass is 16.5. The minimum absolute atomic E-state index is 0.324. The van der Waals surface area contributed by atoms with Gasteiger partial charge in [-0.15, -0.1) is 0 Å². The first-order chi connectivity index (χ1) is 12.1. The molecule has 0 bridgehead atoms. The number of benzene rings is 2. The SMILES string of the molecule is NC(=O)C1c2ccccc2CC1OC(=O)c1cnnc2ccccc12. The van der Waals surface area contributed by atoms with Gasteiger partial charge in [-0.2, -0.15) is 10.2 Å². The molecule has 1 aliphatic carbocycles. The van der Waals surface area contributed by atoms with E-state index < -0.39 is 23.9 Å². The molecule has 2 aromatic carbocycles. The van der Waals surface area contributed by atoms with Gasteiger partial charge in [-0.3, -0.25) is 4.79 Å². The molecule has 6 nitrogen and oxygen atoms in total. The number of amides is 1. The van der Waals surface area contributed by atoms with Crippen LogP contribution in [0.5, 0.6) is 0 Å². The van der Waals surface area contributed by atoms with Gasteiger partial charge in [0.25, 0.3) is 0 Å². The molecule has 0 saturated carbocycles. The van der Waals surface area contributed by atoms with Gasteiger partial charge in [-0.25, -0.2) is 4.79 Å². The van der Waals surface area contributed by atoms with Crippen molar-refractivity contribution in [3.63, 3.8) is 0 Å². The number of aromatic nitrogens is 2. The first-order valence-electron chi connectivity index (χ1n) is 7.93. The number of carbonyl (C=O) groups is 2. The zero-order valence-electron chi connectivity index (χ0n) is 13.3. The normalized spacial score (nSPS) is 18.7. The molecule has 0 spiro atoms. The molecule has 0 fully saturated rings. The number of nitrogens with two attached hydrogens (primary N) is 1. The van der Waals surface area contributed by atoms with Crippen LogP contribution in [0, 0.1) is 0 Å². The third-order valence-electron chi connectivity index (χ3n) is 4.51. The number of ether oxygens (including phenoxy) is 1. The maximum Gasteiger partial charge on any atom is 0.340 e. The van der Waals surface area contributed by atoms with E-state index in [-0.39, 0.29) is 0 Å². The fourth-order valence-electron chi connectivity index (χ4n) is 3.38. The first kappa shape index (κ1) is 15.3. The number of esters is 1. The fourth-order valence-corrected chi connectivity index (χ4v) is 3.38. The van der Waals surface area contributed by atoms with Crippen LogP contribution in [0.4, 0.5) is 0 Å². The molecule has 25 heavy (non-hydrogen) atoms. The zero-order valence-corrected chi connectivity index (χ0v) is 13.3. The standard InChI is InChI=1S/C19H15N3O3/c20-18(23)17-12-6-2-1-5-11(12)9-16(17)25-19(24)14-10-21-22-15-8-4-3-7-13(14)15/h1-8,10,16-17H,9H2,(H2,20,23). The van der Waals surface area contributed by atoms with E-state index in [2.05, 4.69) is 10.2 Å². The second kappa shape index (κ2) is 5.98. The maximum absolute atomic E-state index is 12.7. The second-order valence-electron chi connectivity index (χ2n) is 6.00. The quantitative estimate of drug-likeness (QED) is 0.740. The molecule has 3 aromatic rings. The number of rotatable bonds is 3. The summed E-state index contributed by atoms with van der Waals surface area (Å²) in [5.74, 6) is -1.67. The number of carbonyl (C=O) groups excluding carboxylic acids is 2. The lowest BCUT2D eigenvalue weighted by atomic mass is 9.99. The van der Waals surface area contributed by atoms with Crippen LogP contribution in [0.15, 0.2) is 54.7 Å². The fraction of sp³-hybridized carbons (Fsp3) is 0.158. The Hall–Kier alpha value is -3.28. The van der Waals surface area contributed by atoms with Gasteiger partial charge in [0.05, 0.1) is 17.3 Å². The van der Waals surface area contributed by atoms with Crippen molar-refractivity contribution in [3.8, 4) is 0 Å². The largest absolute Gasteiger partial charge is 0.457 e. The molecular weight excluding hydrogens is 318 g/mol. The van der Waals surface area contributed by atoms with Crippen LogP contribution in [0.3, 0.4) is 0 Å². The van der Waals surface area contributed by atoms with Crippen LogP contribution in [0.1, 0.15) is 27.4 Å². The van der Waals surface area contributed by atoms with Crippen LogP contribution in [-0.4, -0.2) is 28.2 Å². The predicted molar refractivity (Wildman–Crippen MR) is 90.8 cm³/mol. The van der Waals surface area contributed by atoms with Gasteiger partial charge in [-0.1, -0.05) is 42.5 Å². The highest BCUT2D eigenvalue weighted by Gasteiger charge is 2.39. The Bertz CT molecular complexity index is 981. The molecular formula is C19H15N3O3. The minimum Gasteiger partial charge on any atom is -0.457 e. The molecule has 1 aliphatic rings. The Balaban J connectivity index is 1.66. The van der Waals surface area contributed by atoms with Crippen molar-refractivity contribution >= 4 is 22.8 Å². The number of hydrogen-bond donors (Lipinski definition) is 1. The summed E-state index contributed by atoms with van der Waals surface area (Å²) < 4.78 is 5.65. The van der Waals surface area contributed by atoms with Crippen molar-refractivity contribution < 1.29 is 14.3 Å². The van der Waals surface area contributed by atoms with Gasteiger partial charge in [0.1, 0.15) is 12.0 Å². The lowest BCUT2D eigenvalue weighted by molar-refractivity contribution is -0.121.